The number of nitrogens with zero attached hydrogens (tertiary/aromatic N) is 2. The first-order valence-corrected chi connectivity index (χ1v) is 10.4. The molecule has 7 heteroatoms. The second-order valence-electron chi connectivity index (χ2n) is 6.14. The van der Waals surface area contributed by atoms with Crippen LogP contribution in [0, 0.1) is 0 Å². The van der Waals surface area contributed by atoms with Crippen molar-refractivity contribution in [3.8, 4) is 0 Å². The van der Waals surface area contributed by atoms with Crippen molar-refractivity contribution >= 4 is 15.9 Å². The van der Waals surface area contributed by atoms with E-state index in [0.717, 1.165) is 12.0 Å². The van der Waals surface area contributed by atoms with Crippen LogP contribution in [0.2, 0.25) is 0 Å². The molecule has 0 saturated heterocycles. The van der Waals surface area contributed by atoms with Gasteiger partial charge < -0.3 is 5.32 Å². The summed E-state index contributed by atoms with van der Waals surface area (Å²) in [6.07, 6.45) is 6.20. The molecule has 0 fully saturated rings. The van der Waals surface area contributed by atoms with E-state index in [1.54, 1.807) is 18.5 Å². The van der Waals surface area contributed by atoms with Crippen LogP contribution in [0.1, 0.15) is 24.0 Å². The zero-order valence-corrected chi connectivity index (χ0v) is 15.8. The Labute approximate surface area is 155 Å². The number of aryl methyl sites for hydroxylation is 1. The van der Waals surface area contributed by atoms with E-state index in [9.17, 15) is 13.2 Å². The van der Waals surface area contributed by atoms with Crippen LogP contribution in [0.3, 0.4) is 0 Å². The molecule has 1 aromatic heterocycles. The number of carbonyl (C=O) groups excluding carboxylic acids is 1. The molecule has 0 aliphatic heterocycles. The molecule has 1 heterocycles. The van der Waals surface area contributed by atoms with Gasteiger partial charge in [-0.25, -0.2) is 12.7 Å². The quantitative estimate of drug-likeness (QED) is 0.689. The Morgan fingerprint density at radius 3 is 2.46 bits per heavy atom. The molecule has 2 rings (SSSR count). The van der Waals surface area contributed by atoms with E-state index in [1.807, 2.05) is 36.4 Å². The molecule has 26 heavy (non-hydrogen) atoms. The molecule has 0 atom stereocenters. The Hall–Kier alpha value is -2.25. The summed E-state index contributed by atoms with van der Waals surface area (Å²) in [4.78, 5) is 16.0. The molecular weight excluding hydrogens is 350 g/mol. The van der Waals surface area contributed by atoms with Crippen LogP contribution >= 0.6 is 0 Å². The first-order valence-electron chi connectivity index (χ1n) is 8.60. The van der Waals surface area contributed by atoms with Gasteiger partial charge in [-0.1, -0.05) is 36.4 Å². The number of aromatic nitrogens is 1. The first-order chi connectivity index (χ1) is 12.4. The maximum atomic E-state index is 12.0. The van der Waals surface area contributed by atoms with Crippen molar-refractivity contribution in [2.24, 2.45) is 0 Å². The normalized spacial score (nSPS) is 11.5. The third-order valence-electron chi connectivity index (χ3n) is 3.99. The molecular formula is C19H25N3O3S. The largest absolute Gasteiger partial charge is 0.352 e. The van der Waals surface area contributed by atoms with E-state index in [-0.39, 0.29) is 18.9 Å². The van der Waals surface area contributed by atoms with Gasteiger partial charge in [0.1, 0.15) is 0 Å². The van der Waals surface area contributed by atoms with Crippen LogP contribution in [0.5, 0.6) is 0 Å². The van der Waals surface area contributed by atoms with Crippen molar-refractivity contribution in [1.29, 1.82) is 0 Å². The number of hydrogen-bond donors (Lipinski definition) is 1. The van der Waals surface area contributed by atoms with Gasteiger partial charge in [-0.15, -0.1) is 0 Å². The number of carbonyl (C=O) groups is 1. The number of nitrogens with one attached hydrogen (secondary N) is 1. The maximum absolute atomic E-state index is 12.0. The summed E-state index contributed by atoms with van der Waals surface area (Å²) in [5, 5.41) is 2.79. The lowest BCUT2D eigenvalue weighted by Crippen LogP contribution is -2.35. The average Bonchev–Trinajstić information content (AvgIpc) is 2.63. The summed E-state index contributed by atoms with van der Waals surface area (Å²) in [5.41, 5.74) is 2.08. The zero-order chi connectivity index (χ0) is 18.8. The van der Waals surface area contributed by atoms with Crippen LogP contribution in [0.25, 0.3) is 0 Å². The summed E-state index contributed by atoms with van der Waals surface area (Å²) >= 11 is 0. The smallest absolute Gasteiger partial charge is 0.221 e. The second-order valence-corrected chi connectivity index (χ2v) is 8.12. The number of sulfonamides is 1. The average molecular weight is 375 g/mol. The van der Waals surface area contributed by atoms with Gasteiger partial charge in [0, 0.05) is 38.4 Å². The maximum Gasteiger partial charge on any atom is 0.221 e. The highest BCUT2D eigenvalue weighted by atomic mass is 32.2. The second kappa shape index (κ2) is 10.0. The molecule has 0 spiro atoms. The highest BCUT2D eigenvalue weighted by Gasteiger charge is 2.17. The number of hydrogen-bond acceptors (Lipinski definition) is 4. The minimum atomic E-state index is -3.34. The van der Waals surface area contributed by atoms with Gasteiger partial charge in [-0.05, 0) is 30.0 Å². The molecule has 0 radical (unpaired) electrons. The lowest BCUT2D eigenvalue weighted by molar-refractivity contribution is -0.121. The summed E-state index contributed by atoms with van der Waals surface area (Å²) < 4.78 is 25.3. The molecule has 0 bridgehead atoms. The van der Waals surface area contributed by atoms with Gasteiger partial charge in [0.15, 0.2) is 0 Å². The Kier molecular flexibility index (Phi) is 7.74. The van der Waals surface area contributed by atoms with E-state index in [1.165, 1.54) is 16.1 Å². The Morgan fingerprint density at radius 1 is 1.08 bits per heavy atom. The van der Waals surface area contributed by atoms with Crippen molar-refractivity contribution in [3.63, 3.8) is 0 Å². The van der Waals surface area contributed by atoms with Crippen molar-refractivity contribution in [2.75, 3.05) is 19.3 Å². The molecule has 1 amide bonds. The Morgan fingerprint density at radius 2 is 1.81 bits per heavy atom. The van der Waals surface area contributed by atoms with E-state index < -0.39 is 10.0 Å². The van der Waals surface area contributed by atoms with Crippen LogP contribution in [-0.2, 0) is 27.8 Å². The van der Waals surface area contributed by atoms with E-state index in [4.69, 9.17) is 0 Å². The molecule has 0 aliphatic carbocycles. The SMILES string of the molecule is CS(=O)(=O)N(CCCc1ccccc1)CCC(=O)NCc1cccnc1. The van der Waals surface area contributed by atoms with Gasteiger partial charge >= 0.3 is 0 Å². The van der Waals surface area contributed by atoms with Crippen LogP contribution in [0.4, 0.5) is 0 Å². The van der Waals surface area contributed by atoms with E-state index in [2.05, 4.69) is 10.3 Å². The van der Waals surface area contributed by atoms with Gasteiger partial charge in [-0.2, -0.15) is 0 Å². The standard InChI is InChI=1S/C19H25N3O3S/c1-26(24,25)22(13-6-10-17-7-3-2-4-8-17)14-11-19(23)21-16-18-9-5-12-20-15-18/h2-5,7-9,12,15H,6,10-11,13-14,16H2,1H3,(H,21,23). The van der Waals surface area contributed by atoms with Gasteiger partial charge in [0.25, 0.3) is 0 Å². The van der Waals surface area contributed by atoms with Crippen molar-refractivity contribution < 1.29 is 13.2 Å². The molecule has 140 valence electrons. The fourth-order valence-electron chi connectivity index (χ4n) is 2.57. The lowest BCUT2D eigenvalue weighted by atomic mass is 10.1. The minimum absolute atomic E-state index is 0.138. The lowest BCUT2D eigenvalue weighted by Gasteiger charge is -2.19. The van der Waals surface area contributed by atoms with Crippen LogP contribution < -0.4 is 5.32 Å². The zero-order valence-electron chi connectivity index (χ0n) is 15.0. The van der Waals surface area contributed by atoms with Crippen molar-refractivity contribution in [3.05, 3.63) is 66.0 Å². The monoisotopic (exact) mass is 375 g/mol. The molecule has 1 N–H and O–H groups in total. The Bertz CT molecular complexity index is 780. The molecule has 1 aromatic carbocycles. The number of benzene rings is 1. The molecule has 6 nitrogen and oxygen atoms in total. The number of pyridine rings is 1. The predicted molar refractivity (Wildman–Crippen MR) is 102 cm³/mol. The van der Waals surface area contributed by atoms with Crippen LogP contribution in [-0.4, -0.2) is 43.0 Å². The topological polar surface area (TPSA) is 79.4 Å². The van der Waals surface area contributed by atoms with Gasteiger partial charge in [0.05, 0.1) is 6.26 Å². The highest BCUT2D eigenvalue weighted by molar-refractivity contribution is 7.88. The minimum Gasteiger partial charge on any atom is -0.352 e. The number of rotatable bonds is 10. The summed E-state index contributed by atoms with van der Waals surface area (Å²) in [6, 6.07) is 13.6. The summed E-state index contributed by atoms with van der Waals surface area (Å²) in [7, 11) is -3.34. The fraction of sp³-hybridized carbons (Fsp3) is 0.368. The molecule has 0 unspecified atom stereocenters. The third-order valence-corrected chi connectivity index (χ3v) is 5.29. The molecule has 0 aliphatic rings. The van der Waals surface area contributed by atoms with Crippen LogP contribution in [0.15, 0.2) is 54.9 Å². The third kappa shape index (κ3) is 7.33. The Balaban J connectivity index is 1.77. The van der Waals surface area contributed by atoms with Crippen molar-refractivity contribution in [2.45, 2.75) is 25.8 Å². The van der Waals surface area contributed by atoms with E-state index >= 15 is 0 Å². The first kappa shape index (κ1) is 20.1. The fourth-order valence-corrected chi connectivity index (χ4v) is 3.45. The molecule has 2 aromatic rings. The number of amides is 1. The summed E-state index contributed by atoms with van der Waals surface area (Å²) in [6.45, 7) is 0.982. The summed E-state index contributed by atoms with van der Waals surface area (Å²) in [5.74, 6) is -0.175. The van der Waals surface area contributed by atoms with E-state index in [0.29, 0.717) is 19.5 Å². The van der Waals surface area contributed by atoms with Gasteiger partial charge in [0.2, 0.25) is 15.9 Å². The molecule has 0 saturated carbocycles. The predicted octanol–water partition coefficient (Wildman–Crippen LogP) is 1.98. The van der Waals surface area contributed by atoms with Crippen molar-refractivity contribution in [1.82, 2.24) is 14.6 Å². The van der Waals surface area contributed by atoms with Gasteiger partial charge in [-0.3, -0.25) is 9.78 Å². The highest BCUT2D eigenvalue weighted by Crippen LogP contribution is 2.07.